The fourth-order valence-corrected chi connectivity index (χ4v) is 4.09. The third-order valence-electron chi connectivity index (χ3n) is 5.96. The van der Waals surface area contributed by atoms with Crippen molar-refractivity contribution in [2.24, 2.45) is 5.73 Å². The fraction of sp³-hybridized carbons (Fsp3) is 0.231. The number of hydrogen-bond acceptors (Lipinski definition) is 4. The minimum absolute atomic E-state index is 0.0300. The highest BCUT2D eigenvalue weighted by Crippen LogP contribution is 2.27. The summed E-state index contributed by atoms with van der Waals surface area (Å²) in [5, 5.41) is 8.24. The van der Waals surface area contributed by atoms with Gasteiger partial charge in [0.2, 0.25) is 0 Å². The number of nitrogens with one attached hydrogen (secondary N) is 1. The number of hydrogen-bond donors (Lipinski definition) is 2. The van der Waals surface area contributed by atoms with Crippen LogP contribution in [0, 0.1) is 19.7 Å². The second-order valence-corrected chi connectivity index (χ2v) is 8.40. The number of amides is 2. The average molecular weight is 460 g/mol. The smallest absolute Gasteiger partial charge is 0.267 e. The SMILES string of the molecule is Cc1nn(C(C)CCc2ccc(F)cc2)c(C)c1NC(=O)c1cc(C(N)=O)nc2ccccc12. The number of aryl methyl sites for hydroxylation is 2. The van der Waals surface area contributed by atoms with E-state index < -0.39 is 5.91 Å². The highest BCUT2D eigenvalue weighted by atomic mass is 19.1. The van der Waals surface area contributed by atoms with E-state index in [-0.39, 0.29) is 23.5 Å². The first-order valence-corrected chi connectivity index (χ1v) is 11.1. The van der Waals surface area contributed by atoms with Crippen molar-refractivity contribution in [3.05, 3.63) is 88.6 Å². The molecule has 2 aromatic heterocycles. The summed E-state index contributed by atoms with van der Waals surface area (Å²) in [5.74, 6) is -1.32. The van der Waals surface area contributed by atoms with Crippen LogP contribution in [0.15, 0.2) is 54.6 Å². The summed E-state index contributed by atoms with van der Waals surface area (Å²) in [6.07, 6.45) is 1.58. The van der Waals surface area contributed by atoms with Crippen LogP contribution in [0.3, 0.4) is 0 Å². The molecule has 0 aliphatic carbocycles. The molecule has 7 nitrogen and oxygen atoms in total. The Morgan fingerprint density at radius 1 is 1.12 bits per heavy atom. The van der Waals surface area contributed by atoms with Crippen LogP contribution in [0.4, 0.5) is 10.1 Å². The Morgan fingerprint density at radius 3 is 2.53 bits per heavy atom. The molecule has 0 fully saturated rings. The molecule has 2 amide bonds. The van der Waals surface area contributed by atoms with Crippen LogP contribution in [-0.2, 0) is 6.42 Å². The Kier molecular flexibility index (Phi) is 6.40. The van der Waals surface area contributed by atoms with E-state index >= 15 is 0 Å². The number of aromatic nitrogens is 3. The number of primary amides is 1. The average Bonchev–Trinajstić information content (AvgIpc) is 3.11. The molecule has 174 valence electrons. The zero-order chi connectivity index (χ0) is 24.4. The predicted octanol–water partition coefficient (Wildman–Crippen LogP) is 4.73. The van der Waals surface area contributed by atoms with E-state index in [1.165, 1.54) is 18.2 Å². The van der Waals surface area contributed by atoms with Crippen molar-refractivity contribution in [3.8, 4) is 0 Å². The van der Waals surface area contributed by atoms with Crippen molar-refractivity contribution >= 4 is 28.4 Å². The third kappa shape index (κ3) is 4.66. The monoisotopic (exact) mass is 459 g/mol. The summed E-state index contributed by atoms with van der Waals surface area (Å²) in [7, 11) is 0. The molecule has 0 radical (unpaired) electrons. The first kappa shape index (κ1) is 23.1. The largest absolute Gasteiger partial charge is 0.364 e. The summed E-state index contributed by atoms with van der Waals surface area (Å²) < 4.78 is 15.0. The number of nitrogens with two attached hydrogens (primary N) is 1. The standard InChI is InChI=1S/C26H26FN5O2/c1-15(8-9-18-10-12-19(27)13-11-18)32-17(3)24(16(2)31-32)30-26(34)21-14-23(25(28)33)29-22-7-5-4-6-20(21)22/h4-7,10-15H,8-9H2,1-3H3,(H2,28,33)(H,30,34). The van der Waals surface area contributed by atoms with E-state index in [0.717, 1.165) is 24.1 Å². The maximum atomic E-state index is 13.3. The lowest BCUT2D eigenvalue weighted by Crippen LogP contribution is -2.18. The number of para-hydroxylation sites is 1. The van der Waals surface area contributed by atoms with Gasteiger partial charge in [0.05, 0.1) is 28.2 Å². The van der Waals surface area contributed by atoms with Gasteiger partial charge in [0.15, 0.2) is 0 Å². The van der Waals surface area contributed by atoms with Crippen LogP contribution in [0.25, 0.3) is 10.9 Å². The van der Waals surface area contributed by atoms with Crippen LogP contribution in [0.5, 0.6) is 0 Å². The summed E-state index contributed by atoms with van der Waals surface area (Å²) >= 11 is 0. The Balaban J connectivity index is 1.57. The summed E-state index contributed by atoms with van der Waals surface area (Å²) in [5.41, 5.74) is 9.48. The Labute approximate surface area is 196 Å². The molecule has 4 rings (SSSR count). The lowest BCUT2D eigenvalue weighted by molar-refractivity contribution is 0.0996. The molecule has 3 N–H and O–H groups in total. The number of halogens is 1. The molecule has 2 aromatic carbocycles. The van der Waals surface area contributed by atoms with Gasteiger partial charge in [0.1, 0.15) is 11.5 Å². The molecule has 1 unspecified atom stereocenters. The van der Waals surface area contributed by atoms with E-state index in [2.05, 4.69) is 22.3 Å². The third-order valence-corrected chi connectivity index (χ3v) is 5.96. The maximum Gasteiger partial charge on any atom is 0.267 e. The summed E-state index contributed by atoms with van der Waals surface area (Å²) in [6.45, 7) is 5.80. The highest BCUT2D eigenvalue weighted by molar-refractivity contribution is 6.14. The minimum Gasteiger partial charge on any atom is -0.364 e. The van der Waals surface area contributed by atoms with Crippen LogP contribution in [-0.4, -0.2) is 26.6 Å². The van der Waals surface area contributed by atoms with Gasteiger partial charge in [-0.15, -0.1) is 0 Å². The molecule has 0 saturated heterocycles. The van der Waals surface area contributed by atoms with Gasteiger partial charge in [-0.3, -0.25) is 14.3 Å². The second kappa shape index (κ2) is 9.43. The number of carbonyl (C=O) groups is 2. The molecule has 34 heavy (non-hydrogen) atoms. The van der Waals surface area contributed by atoms with E-state index in [4.69, 9.17) is 5.73 Å². The normalized spacial score (nSPS) is 12.0. The molecule has 8 heteroatoms. The lowest BCUT2D eigenvalue weighted by atomic mass is 10.1. The zero-order valence-corrected chi connectivity index (χ0v) is 19.3. The van der Waals surface area contributed by atoms with Crippen LogP contribution < -0.4 is 11.1 Å². The molecule has 0 spiro atoms. The van der Waals surface area contributed by atoms with Gasteiger partial charge in [-0.05, 0) is 63.4 Å². The number of nitrogens with zero attached hydrogens (tertiary/aromatic N) is 3. The van der Waals surface area contributed by atoms with Crippen molar-refractivity contribution in [1.82, 2.24) is 14.8 Å². The Hall–Kier alpha value is -4.07. The molecule has 0 saturated carbocycles. The van der Waals surface area contributed by atoms with Crippen molar-refractivity contribution in [2.45, 2.75) is 39.7 Å². The van der Waals surface area contributed by atoms with Gasteiger partial charge < -0.3 is 11.1 Å². The first-order chi connectivity index (χ1) is 16.2. The lowest BCUT2D eigenvalue weighted by Gasteiger charge is -2.15. The quantitative estimate of drug-likeness (QED) is 0.417. The van der Waals surface area contributed by atoms with Gasteiger partial charge in [-0.25, -0.2) is 9.37 Å². The molecule has 4 aromatic rings. The number of fused-ring (bicyclic) bond motifs is 1. The Morgan fingerprint density at radius 2 is 1.82 bits per heavy atom. The molecule has 1 atom stereocenters. The van der Waals surface area contributed by atoms with Crippen molar-refractivity contribution in [2.75, 3.05) is 5.32 Å². The molecule has 0 aliphatic heterocycles. The summed E-state index contributed by atoms with van der Waals surface area (Å²) in [6, 6.07) is 15.1. The van der Waals surface area contributed by atoms with E-state index in [1.54, 1.807) is 30.3 Å². The number of rotatable bonds is 7. The molecular formula is C26H26FN5O2. The van der Waals surface area contributed by atoms with E-state index in [0.29, 0.717) is 27.8 Å². The molecule has 0 bridgehead atoms. The summed E-state index contributed by atoms with van der Waals surface area (Å²) in [4.78, 5) is 29.3. The Bertz CT molecular complexity index is 1380. The van der Waals surface area contributed by atoms with Gasteiger partial charge in [0, 0.05) is 11.4 Å². The number of anilines is 1. The first-order valence-electron chi connectivity index (χ1n) is 11.1. The number of pyridine rings is 1. The van der Waals surface area contributed by atoms with Crippen LogP contribution in [0.1, 0.15) is 57.2 Å². The second-order valence-electron chi connectivity index (χ2n) is 8.40. The highest BCUT2D eigenvalue weighted by Gasteiger charge is 2.21. The zero-order valence-electron chi connectivity index (χ0n) is 19.3. The van der Waals surface area contributed by atoms with Crippen molar-refractivity contribution < 1.29 is 14.0 Å². The number of benzene rings is 2. The fourth-order valence-electron chi connectivity index (χ4n) is 4.09. The minimum atomic E-state index is -0.699. The van der Waals surface area contributed by atoms with Gasteiger partial charge in [-0.2, -0.15) is 5.10 Å². The van der Waals surface area contributed by atoms with Crippen LogP contribution in [0.2, 0.25) is 0 Å². The maximum absolute atomic E-state index is 13.3. The topological polar surface area (TPSA) is 103 Å². The van der Waals surface area contributed by atoms with Crippen molar-refractivity contribution in [1.29, 1.82) is 0 Å². The number of carbonyl (C=O) groups excluding carboxylic acids is 2. The molecular weight excluding hydrogens is 433 g/mol. The van der Waals surface area contributed by atoms with E-state index in [1.807, 2.05) is 24.6 Å². The van der Waals surface area contributed by atoms with E-state index in [9.17, 15) is 14.0 Å². The van der Waals surface area contributed by atoms with Gasteiger partial charge in [-0.1, -0.05) is 30.3 Å². The van der Waals surface area contributed by atoms with Crippen LogP contribution >= 0.6 is 0 Å². The molecule has 2 heterocycles. The van der Waals surface area contributed by atoms with Gasteiger partial charge >= 0.3 is 0 Å². The molecule has 0 aliphatic rings. The van der Waals surface area contributed by atoms with Crippen molar-refractivity contribution in [3.63, 3.8) is 0 Å². The van der Waals surface area contributed by atoms with Gasteiger partial charge in [0.25, 0.3) is 11.8 Å². The predicted molar refractivity (Wildman–Crippen MR) is 129 cm³/mol.